The van der Waals surface area contributed by atoms with Crippen LogP contribution in [0.15, 0.2) is 35.6 Å². The van der Waals surface area contributed by atoms with Gasteiger partial charge in [0.15, 0.2) is 5.96 Å². The molecule has 2 N–H and O–H groups in total. The Bertz CT molecular complexity index is 684. The molecule has 138 valence electrons. The molecule has 2 aromatic rings. The van der Waals surface area contributed by atoms with Crippen LogP contribution in [0.4, 0.5) is 0 Å². The molecule has 1 aromatic carbocycles. The lowest BCUT2D eigenvalue weighted by atomic mass is 10.1. The number of halogens is 1. The van der Waals surface area contributed by atoms with Crippen LogP contribution in [0.5, 0.6) is 5.75 Å². The van der Waals surface area contributed by atoms with Crippen molar-refractivity contribution < 1.29 is 4.74 Å². The molecule has 0 atom stereocenters. The van der Waals surface area contributed by atoms with Crippen molar-refractivity contribution >= 4 is 29.9 Å². The van der Waals surface area contributed by atoms with Crippen molar-refractivity contribution in [3.05, 3.63) is 47.3 Å². The smallest absolute Gasteiger partial charge is 0.191 e. The number of hydrogen-bond acceptors (Lipinski definition) is 3. The molecule has 0 saturated heterocycles. The largest absolute Gasteiger partial charge is 0.496 e. The van der Waals surface area contributed by atoms with Crippen LogP contribution in [-0.4, -0.2) is 35.9 Å². The first-order valence-corrected chi connectivity index (χ1v) is 8.25. The Morgan fingerprint density at radius 2 is 2.12 bits per heavy atom. The summed E-state index contributed by atoms with van der Waals surface area (Å²) in [4.78, 5) is 4.65. The van der Waals surface area contributed by atoms with Crippen molar-refractivity contribution in [1.82, 2.24) is 20.4 Å². The summed E-state index contributed by atoms with van der Waals surface area (Å²) in [6, 6.07) is 6.18. The summed E-state index contributed by atoms with van der Waals surface area (Å²) in [6.45, 7) is 6.32. The molecule has 0 aliphatic heterocycles. The molecule has 0 bridgehead atoms. The van der Waals surface area contributed by atoms with Crippen LogP contribution in [0.3, 0.4) is 0 Å². The summed E-state index contributed by atoms with van der Waals surface area (Å²) in [5.41, 5.74) is 3.47. The van der Waals surface area contributed by atoms with Crippen molar-refractivity contribution in [1.29, 1.82) is 0 Å². The number of nitrogens with one attached hydrogen (secondary N) is 2. The van der Waals surface area contributed by atoms with E-state index in [0.717, 1.165) is 36.8 Å². The first-order chi connectivity index (χ1) is 11.6. The summed E-state index contributed by atoms with van der Waals surface area (Å²) < 4.78 is 7.26. The van der Waals surface area contributed by atoms with Gasteiger partial charge in [0.2, 0.25) is 0 Å². The highest BCUT2D eigenvalue weighted by atomic mass is 127. The van der Waals surface area contributed by atoms with Crippen LogP contribution in [0.2, 0.25) is 0 Å². The molecule has 1 heterocycles. The first kappa shape index (κ1) is 21.3. The molecule has 25 heavy (non-hydrogen) atoms. The van der Waals surface area contributed by atoms with Crippen molar-refractivity contribution in [3.8, 4) is 5.75 Å². The Labute approximate surface area is 167 Å². The van der Waals surface area contributed by atoms with E-state index in [1.165, 1.54) is 11.1 Å². The number of ether oxygens (including phenoxy) is 1. The van der Waals surface area contributed by atoms with E-state index in [9.17, 15) is 0 Å². The molecule has 7 heteroatoms. The zero-order valence-corrected chi connectivity index (χ0v) is 17.7. The number of methoxy groups -OCH3 is 1. The maximum atomic E-state index is 5.44. The third-order valence-corrected chi connectivity index (χ3v) is 3.66. The molecule has 0 saturated carbocycles. The standard InChI is InChI=1S/C18H27N5O.HI/c1-5-19-18(20-9-8-15-11-22-23(3)13-15)21-12-16-7-6-14(2)10-17(16)24-4;/h6-7,10-11,13H,5,8-9,12H2,1-4H3,(H2,19,20,21);1H. The summed E-state index contributed by atoms with van der Waals surface area (Å²) in [5.74, 6) is 1.69. The van der Waals surface area contributed by atoms with Gasteiger partial charge in [-0.15, -0.1) is 24.0 Å². The molecule has 0 fully saturated rings. The van der Waals surface area contributed by atoms with Gasteiger partial charge >= 0.3 is 0 Å². The molecule has 0 aliphatic carbocycles. The maximum absolute atomic E-state index is 5.44. The van der Waals surface area contributed by atoms with E-state index in [-0.39, 0.29) is 24.0 Å². The normalized spacial score (nSPS) is 11.0. The minimum atomic E-state index is 0. The van der Waals surface area contributed by atoms with Gasteiger partial charge in [-0.3, -0.25) is 4.68 Å². The van der Waals surface area contributed by atoms with Crippen LogP contribution >= 0.6 is 24.0 Å². The second-order valence-corrected chi connectivity index (χ2v) is 5.71. The maximum Gasteiger partial charge on any atom is 0.191 e. The number of rotatable bonds is 7. The van der Waals surface area contributed by atoms with Gasteiger partial charge in [0.25, 0.3) is 0 Å². The molecule has 2 rings (SSSR count). The summed E-state index contributed by atoms with van der Waals surface area (Å²) >= 11 is 0. The number of guanidine groups is 1. The Morgan fingerprint density at radius 3 is 2.76 bits per heavy atom. The van der Waals surface area contributed by atoms with Gasteiger partial charge in [-0.25, -0.2) is 4.99 Å². The Morgan fingerprint density at radius 1 is 1.32 bits per heavy atom. The number of benzene rings is 1. The molecule has 0 spiro atoms. The fourth-order valence-electron chi connectivity index (χ4n) is 2.41. The van der Waals surface area contributed by atoms with Crippen molar-refractivity contribution in [2.45, 2.75) is 26.8 Å². The number of aryl methyl sites for hydroxylation is 2. The predicted octanol–water partition coefficient (Wildman–Crippen LogP) is 2.65. The Kier molecular flexibility index (Phi) is 9.33. The topological polar surface area (TPSA) is 63.5 Å². The highest BCUT2D eigenvalue weighted by Gasteiger charge is 2.04. The number of aliphatic imine (C=N–C) groups is 1. The lowest BCUT2D eigenvalue weighted by Crippen LogP contribution is -2.38. The van der Waals surface area contributed by atoms with E-state index in [1.54, 1.807) is 7.11 Å². The van der Waals surface area contributed by atoms with Gasteiger partial charge in [0.1, 0.15) is 5.75 Å². The van der Waals surface area contributed by atoms with Crippen LogP contribution in [0.1, 0.15) is 23.6 Å². The van der Waals surface area contributed by atoms with E-state index in [2.05, 4.69) is 46.7 Å². The highest BCUT2D eigenvalue weighted by Crippen LogP contribution is 2.20. The Hall–Kier alpha value is -1.77. The first-order valence-electron chi connectivity index (χ1n) is 8.25. The molecule has 0 amide bonds. The van der Waals surface area contributed by atoms with Gasteiger partial charge in [-0.2, -0.15) is 5.10 Å². The molecule has 0 radical (unpaired) electrons. The lowest BCUT2D eigenvalue weighted by molar-refractivity contribution is 0.409. The second kappa shape index (κ2) is 11.0. The number of nitrogens with zero attached hydrogens (tertiary/aromatic N) is 3. The van der Waals surface area contributed by atoms with Crippen LogP contribution in [0, 0.1) is 6.92 Å². The summed E-state index contributed by atoms with van der Waals surface area (Å²) in [6.07, 6.45) is 4.83. The van der Waals surface area contributed by atoms with Gasteiger partial charge in [0, 0.05) is 31.9 Å². The van der Waals surface area contributed by atoms with Crippen molar-refractivity contribution in [3.63, 3.8) is 0 Å². The monoisotopic (exact) mass is 457 g/mol. The Balaban J connectivity index is 0.00000312. The summed E-state index contributed by atoms with van der Waals surface area (Å²) in [7, 11) is 3.62. The minimum Gasteiger partial charge on any atom is -0.496 e. The number of hydrogen-bond donors (Lipinski definition) is 2. The van der Waals surface area contributed by atoms with E-state index in [1.807, 2.05) is 30.2 Å². The SMILES string of the molecule is CCNC(=NCc1ccc(C)cc1OC)NCCc1cnn(C)c1.I. The van der Waals surface area contributed by atoms with E-state index in [4.69, 9.17) is 4.74 Å². The van der Waals surface area contributed by atoms with Crippen molar-refractivity contribution in [2.24, 2.45) is 12.0 Å². The number of aromatic nitrogens is 2. The molecule has 1 aromatic heterocycles. The fraction of sp³-hybridized carbons (Fsp3) is 0.444. The zero-order valence-electron chi connectivity index (χ0n) is 15.4. The molecular weight excluding hydrogens is 429 g/mol. The third-order valence-electron chi connectivity index (χ3n) is 3.66. The van der Waals surface area contributed by atoms with Gasteiger partial charge in [-0.1, -0.05) is 12.1 Å². The van der Waals surface area contributed by atoms with Crippen LogP contribution in [-0.2, 0) is 20.0 Å². The molecular formula is C18H28IN5O. The van der Waals surface area contributed by atoms with E-state index in [0.29, 0.717) is 6.54 Å². The average Bonchev–Trinajstić information content (AvgIpc) is 2.98. The molecule has 6 nitrogen and oxygen atoms in total. The van der Waals surface area contributed by atoms with Crippen molar-refractivity contribution in [2.75, 3.05) is 20.2 Å². The third kappa shape index (κ3) is 6.93. The molecule has 0 unspecified atom stereocenters. The van der Waals surface area contributed by atoms with Crippen LogP contribution < -0.4 is 15.4 Å². The van der Waals surface area contributed by atoms with E-state index < -0.39 is 0 Å². The van der Waals surface area contributed by atoms with Gasteiger partial charge in [-0.05, 0) is 37.5 Å². The average molecular weight is 457 g/mol. The fourth-order valence-corrected chi connectivity index (χ4v) is 2.41. The van der Waals surface area contributed by atoms with E-state index >= 15 is 0 Å². The van der Waals surface area contributed by atoms with Crippen LogP contribution in [0.25, 0.3) is 0 Å². The second-order valence-electron chi connectivity index (χ2n) is 5.71. The predicted molar refractivity (Wildman–Crippen MR) is 113 cm³/mol. The van der Waals surface area contributed by atoms with Gasteiger partial charge < -0.3 is 15.4 Å². The lowest BCUT2D eigenvalue weighted by Gasteiger charge is -2.12. The summed E-state index contributed by atoms with van der Waals surface area (Å²) in [5, 5.41) is 10.8. The van der Waals surface area contributed by atoms with Gasteiger partial charge in [0.05, 0.1) is 19.9 Å². The minimum absolute atomic E-state index is 0. The highest BCUT2D eigenvalue weighted by molar-refractivity contribution is 14.0. The molecule has 0 aliphatic rings. The zero-order chi connectivity index (χ0) is 17.4. The quantitative estimate of drug-likeness (QED) is 0.381.